The van der Waals surface area contributed by atoms with Crippen molar-refractivity contribution >= 4 is 11.0 Å². The minimum Gasteiger partial charge on any atom is -0.473 e. The number of aliphatic hydroxyl groups is 1. The lowest BCUT2D eigenvalue weighted by molar-refractivity contribution is 0.00432. The quantitative estimate of drug-likeness (QED) is 0.839. The molecule has 21 heavy (non-hydrogen) atoms. The fraction of sp³-hybridized carbons (Fsp3) is 0.571. The first-order chi connectivity index (χ1) is 10.2. The summed E-state index contributed by atoms with van der Waals surface area (Å²) in [5.74, 6) is 0.515. The Morgan fingerprint density at radius 2 is 2.24 bits per heavy atom. The fourth-order valence-electron chi connectivity index (χ4n) is 2.48. The monoisotopic (exact) mass is 292 g/mol. The van der Waals surface area contributed by atoms with Crippen molar-refractivity contribution < 1.29 is 14.6 Å². The van der Waals surface area contributed by atoms with Crippen LogP contribution in [-0.4, -0.2) is 70.3 Å². The van der Waals surface area contributed by atoms with Gasteiger partial charge >= 0.3 is 0 Å². The normalized spacial score (nSPS) is 18.0. The highest BCUT2D eigenvalue weighted by atomic mass is 16.5. The maximum atomic E-state index is 10.1. The summed E-state index contributed by atoms with van der Waals surface area (Å²) in [6.07, 6.45) is 1.18. The van der Waals surface area contributed by atoms with E-state index in [1.807, 2.05) is 19.2 Å². The number of hydrogen-bond donors (Lipinski definition) is 1. The van der Waals surface area contributed by atoms with Crippen LogP contribution in [0, 0.1) is 0 Å². The topological polar surface area (TPSA) is 72.6 Å². The molecule has 1 saturated heterocycles. The van der Waals surface area contributed by atoms with E-state index in [1.165, 1.54) is 0 Å². The zero-order valence-corrected chi connectivity index (χ0v) is 12.1. The number of aromatic nitrogens is 3. The molecule has 114 valence electrons. The van der Waals surface area contributed by atoms with Crippen LogP contribution < -0.4 is 4.74 Å². The van der Waals surface area contributed by atoms with Crippen LogP contribution in [-0.2, 0) is 11.8 Å². The molecule has 0 aromatic carbocycles. The number of nitrogens with zero attached hydrogens (tertiary/aromatic N) is 4. The van der Waals surface area contributed by atoms with Crippen molar-refractivity contribution in [3.63, 3.8) is 0 Å². The first kappa shape index (κ1) is 14.2. The highest BCUT2D eigenvalue weighted by Gasteiger charge is 2.17. The largest absolute Gasteiger partial charge is 0.473 e. The SMILES string of the molecule is Cn1nc(OCC(O)CN2CCOCC2)c2cccnc21. The summed E-state index contributed by atoms with van der Waals surface area (Å²) in [5, 5.41) is 15.2. The number of morpholine rings is 1. The molecule has 1 unspecified atom stereocenters. The molecule has 1 N–H and O–H groups in total. The van der Waals surface area contributed by atoms with E-state index >= 15 is 0 Å². The van der Waals surface area contributed by atoms with Crippen molar-refractivity contribution in [2.75, 3.05) is 39.5 Å². The molecular formula is C14H20N4O3. The van der Waals surface area contributed by atoms with E-state index in [9.17, 15) is 5.11 Å². The van der Waals surface area contributed by atoms with Gasteiger partial charge in [-0.2, -0.15) is 0 Å². The van der Waals surface area contributed by atoms with Crippen LogP contribution in [0.2, 0.25) is 0 Å². The van der Waals surface area contributed by atoms with Gasteiger partial charge in [0.25, 0.3) is 0 Å². The average molecular weight is 292 g/mol. The molecule has 0 radical (unpaired) electrons. The molecule has 1 fully saturated rings. The Morgan fingerprint density at radius 3 is 3.05 bits per heavy atom. The standard InChI is InChI=1S/C14H20N4O3/c1-17-13-12(3-2-4-15-13)14(16-17)21-10-11(19)9-18-5-7-20-8-6-18/h2-4,11,19H,5-10H2,1H3. The second-order valence-electron chi connectivity index (χ2n) is 5.18. The number of hydrogen-bond acceptors (Lipinski definition) is 6. The molecule has 0 spiro atoms. The molecule has 3 heterocycles. The van der Waals surface area contributed by atoms with E-state index in [4.69, 9.17) is 9.47 Å². The van der Waals surface area contributed by atoms with E-state index in [0.29, 0.717) is 12.4 Å². The summed E-state index contributed by atoms with van der Waals surface area (Å²) in [6.45, 7) is 3.97. The van der Waals surface area contributed by atoms with E-state index in [2.05, 4.69) is 15.0 Å². The Labute approximate surface area is 123 Å². The molecule has 7 heteroatoms. The summed E-state index contributed by atoms with van der Waals surface area (Å²) in [5.41, 5.74) is 0.773. The molecule has 1 aliphatic rings. The van der Waals surface area contributed by atoms with Gasteiger partial charge in [0.05, 0.1) is 18.6 Å². The number of ether oxygens (including phenoxy) is 2. The van der Waals surface area contributed by atoms with Crippen molar-refractivity contribution in [1.82, 2.24) is 19.7 Å². The minimum absolute atomic E-state index is 0.221. The van der Waals surface area contributed by atoms with Crippen molar-refractivity contribution in [2.45, 2.75) is 6.10 Å². The van der Waals surface area contributed by atoms with Crippen LogP contribution in [0.4, 0.5) is 0 Å². The number of rotatable bonds is 5. The number of aryl methyl sites for hydroxylation is 1. The number of aliphatic hydroxyl groups excluding tert-OH is 1. The molecule has 7 nitrogen and oxygen atoms in total. The Bertz CT molecular complexity index is 595. The zero-order valence-electron chi connectivity index (χ0n) is 12.1. The molecule has 0 amide bonds. The summed E-state index contributed by atoms with van der Waals surface area (Å²) < 4.78 is 12.6. The van der Waals surface area contributed by atoms with Gasteiger partial charge in [0.1, 0.15) is 12.7 Å². The first-order valence-corrected chi connectivity index (χ1v) is 7.13. The van der Waals surface area contributed by atoms with Gasteiger partial charge in [0.2, 0.25) is 5.88 Å². The lowest BCUT2D eigenvalue weighted by Crippen LogP contribution is -2.42. The second-order valence-corrected chi connectivity index (χ2v) is 5.18. The van der Waals surface area contributed by atoms with Crippen molar-refractivity contribution in [3.8, 4) is 5.88 Å². The summed E-state index contributed by atoms with van der Waals surface area (Å²) in [4.78, 5) is 6.43. The van der Waals surface area contributed by atoms with Crippen molar-refractivity contribution in [1.29, 1.82) is 0 Å². The Hall–Kier alpha value is -1.70. The summed E-state index contributed by atoms with van der Waals surface area (Å²) in [6, 6.07) is 3.76. The molecule has 1 aliphatic heterocycles. The van der Waals surface area contributed by atoms with Gasteiger partial charge < -0.3 is 14.6 Å². The summed E-state index contributed by atoms with van der Waals surface area (Å²) in [7, 11) is 1.83. The predicted molar refractivity (Wildman–Crippen MR) is 77.3 cm³/mol. The highest BCUT2D eigenvalue weighted by molar-refractivity contribution is 5.80. The number of fused-ring (bicyclic) bond motifs is 1. The van der Waals surface area contributed by atoms with Crippen molar-refractivity contribution in [2.24, 2.45) is 7.05 Å². The lowest BCUT2D eigenvalue weighted by atomic mass is 10.3. The van der Waals surface area contributed by atoms with Crippen LogP contribution in [0.3, 0.4) is 0 Å². The van der Waals surface area contributed by atoms with Gasteiger partial charge in [-0.15, -0.1) is 5.10 Å². The van der Waals surface area contributed by atoms with Crippen LogP contribution >= 0.6 is 0 Å². The first-order valence-electron chi connectivity index (χ1n) is 7.13. The van der Waals surface area contributed by atoms with Crippen LogP contribution in [0.1, 0.15) is 0 Å². The van der Waals surface area contributed by atoms with E-state index in [-0.39, 0.29) is 6.61 Å². The molecule has 3 rings (SSSR count). The van der Waals surface area contributed by atoms with Gasteiger partial charge in [0, 0.05) is 32.9 Å². The van der Waals surface area contributed by atoms with Gasteiger partial charge in [-0.25, -0.2) is 9.67 Å². The van der Waals surface area contributed by atoms with E-state index in [1.54, 1.807) is 10.9 Å². The predicted octanol–water partition coefficient (Wildman–Crippen LogP) is 0.0402. The lowest BCUT2D eigenvalue weighted by Gasteiger charge is -2.28. The van der Waals surface area contributed by atoms with Gasteiger partial charge in [0.15, 0.2) is 5.65 Å². The Balaban J connectivity index is 1.58. The van der Waals surface area contributed by atoms with Gasteiger partial charge in [-0.3, -0.25) is 4.90 Å². The van der Waals surface area contributed by atoms with E-state index < -0.39 is 6.10 Å². The summed E-state index contributed by atoms with van der Waals surface area (Å²) >= 11 is 0. The molecule has 2 aromatic heterocycles. The van der Waals surface area contributed by atoms with E-state index in [0.717, 1.165) is 37.3 Å². The molecule has 0 bridgehead atoms. The molecule has 1 atom stereocenters. The van der Waals surface area contributed by atoms with Gasteiger partial charge in [-0.1, -0.05) is 0 Å². The molecular weight excluding hydrogens is 272 g/mol. The Kier molecular flexibility index (Phi) is 4.33. The molecule has 0 aliphatic carbocycles. The number of pyridine rings is 1. The third-order valence-electron chi connectivity index (χ3n) is 3.55. The highest BCUT2D eigenvalue weighted by Crippen LogP contribution is 2.22. The van der Waals surface area contributed by atoms with Gasteiger partial charge in [-0.05, 0) is 12.1 Å². The zero-order chi connectivity index (χ0) is 14.7. The second kappa shape index (κ2) is 6.38. The maximum absolute atomic E-state index is 10.1. The van der Waals surface area contributed by atoms with Crippen LogP contribution in [0.25, 0.3) is 11.0 Å². The van der Waals surface area contributed by atoms with Crippen molar-refractivity contribution in [3.05, 3.63) is 18.3 Å². The van der Waals surface area contributed by atoms with Crippen LogP contribution in [0.15, 0.2) is 18.3 Å². The third kappa shape index (κ3) is 3.31. The fourth-order valence-corrected chi connectivity index (χ4v) is 2.48. The average Bonchev–Trinajstić information content (AvgIpc) is 2.83. The Morgan fingerprint density at radius 1 is 1.43 bits per heavy atom. The third-order valence-corrected chi connectivity index (χ3v) is 3.55. The van der Waals surface area contributed by atoms with Crippen LogP contribution in [0.5, 0.6) is 5.88 Å². The maximum Gasteiger partial charge on any atom is 0.242 e. The smallest absolute Gasteiger partial charge is 0.242 e. The molecule has 0 saturated carbocycles. The number of β-amino-alcohol motifs (C(OH)–C–C–N with tert-alkyl or cyclic N) is 1. The minimum atomic E-state index is -0.545. The molecule has 2 aromatic rings.